The molecule has 78 valence electrons. The third-order valence-corrected chi connectivity index (χ3v) is 4.49. The highest BCUT2D eigenvalue weighted by Crippen LogP contribution is 2.26. The monoisotopic (exact) mass is 279 g/mol. The van der Waals surface area contributed by atoms with Crippen LogP contribution < -0.4 is 0 Å². The Labute approximate surface area is 90.4 Å². The lowest BCUT2D eigenvalue weighted by atomic mass is 10.0. The van der Waals surface area contributed by atoms with Crippen molar-refractivity contribution in [2.45, 2.75) is 18.8 Å². The van der Waals surface area contributed by atoms with Gasteiger partial charge in [-0.1, -0.05) is 0 Å². The Kier molecular flexibility index (Phi) is 2.61. The van der Waals surface area contributed by atoms with E-state index in [1.54, 1.807) is 0 Å². The zero-order valence-electron chi connectivity index (χ0n) is 7.40. The van der Waals surface area contributed by atoms with Gasteiger partial charge in [0.15, 0.2) is 0 Å². The minimum absolute atomic E-state index is 0.206. The molecule has 0 radical (unpaired) electrons. The second kappa shape index (κ2) is 3.62. The van der Waals surface area contributed by atoms with Gasteiger partial charge in [-0.25, -0.2) is 13.4 Å². The van der Waals surface area contributed by atoms with Crippen molar-refractivity contribution in [2.24, 2.45) is 0 Å². The summed E-state index contributed by atoms with van der Waals surface area (Å²) in [7, 11) is -2.79. The van der Waals surface area contributed by atoms with Crippen molar-refractivity contribution >= 4 is 25.8 Å². The summed E-state index contributed by atoms with van der Waals surface area (Å²) in [5.74, 6) is 1.51. The number of hydrogen-bond acceptors (Lipinski definition) is 4. The number of rotatable bonds is 1. The zero-order valence-corrected chi connectivity index (χ0v) is 9.81. The van der Waals surface area contributed by atoms with Crippen LogP contribution in [-0.4, -0.2) is 35.1 Å². The lowest BCUT2D eigenvalue weighted by Gasteiger charge is -2.19. The lowest BCUT2D eigenvalue weighted by Crippen LogP contribution is -2.22. The highest BCUT2D eigenvalue weighted by atomic mass is 79.9. The number of nitrogens with zero attached hydrogens (tertiary/aromatic N) is 2. The standard InChI is InChI=1S/C7H10BrN3O2S/c8-7-9-6(10-11-7)5-1-3-14(12,13)4-2-5/h5H,1-4H2,(H,9,10,11). The number of aromatic amines is 1. The summed E-state index contributed by atoms with van der Waals surface area (Å²) in [5.41, 5.74) is 0. The van der Waals surface area contributed by atoms with E-state index in [2.05, 4.69) is 31.1 Å². The molecule has 1 fully saturated rings. The normalized spacial score (nSPS) is 22.4. The second-order valence-electron chi connectivity index (χ2n) is 3.42. The van der Waals surface area contributed by atoms with Gasteiger partial charge in [0.25, 0.3) is 0 Å². The van der Waals surface area contributed by atoms with Gasteiger partial charge in [0.2, 0.25) is 4.73 Å². The van der Waals surface area contributed by atoms with E-state index in [9.17, 15) is 8.42 Å². The van der Waals surface area contributed by atoms with E-state index >= 15 is 0 Å². The van der Waals surface area contributed by atoms with Crippen LogP contribution in [0.2, 0.25) is 0 Å². The van der Waals surface area contributed by atoms with Crippen LogP contribution in [0.4, 0.5) is 0 Å². The number of hydrogen-bond donors (Lipinski definition) is 1. The van der Waals surface area contributed by atoms with Crippen LogP contribution in [0.25, 0.3) is 0 Å². The quantitative estimate of drug-likeness (QED) is 0.827. The van der Waals surface area contributed by atoms with Gasteiger partial charge in [0.1, 0.15) is 15.7 Å². The number of halogens is 1. The predicted molar refractivity (Wildman–Crippen MR) is 54.7 cm³/mol. The molecule has 2 rings (SSSR count). The van der Waals surface area contributed by atoms with Gasteiger partial charge >= 0.3 is 0 Å². The molecule has 1 aromatic rings. The van der Waals surface area contributed by atoms with Crippen LogP contribution in [-0.2, 0) is 9.84 Å². The van der Waals surface area contributed by atoms with Crippen LogP contribution in [0.15, 0.2) is 4.73 Å². The van der Waals surface area contributed by atoms with Crippen LogP contribution in [0, 0.1) is 0 Å². The number of H-pyrrole nitrogens is 1. The summed E-state index contributed by atoms with van der Waals surface area (Å²) < 4.78 is 22.9. The van der Waals surface area contributed by atoms with Crippen LogP contribution in [0.5, 0.6) is 0 Å². The van der Waals surface area contributed by atoms with E-state index in [0.717, 1.165) is 5.82 Å². The minimum Gasteiger partial charge on any atom is -0.262 e. The van der Waals surface area contributed by atoms with Gasteiger partial charge in [-0.15, -0.1) is 5.10 Å². The highest BCUT2D eigenvalue weighted by molar-refractivity contribution is 9.10. The lowest BCUT2D eigenvalue weighted by molar-refractivity contribution is 0.538. The van der Waals surface area contributed by atoms with Crippen molar-refractivity contribution in [1.82, 2.24) is 15.2 Å². The molecule has 1 N–H and O–H groups in total. The maximum atomic E-state index is 11.2. The molecule has 0 amide bonds. The first kappa shape index (κ1) is 10.1. The first-order valence-corrected chi connectivity index (χ1v) is 6.96. The van der Waals surface area contributed by atoms with Crippen molar-refractivity contribution in [3.63, 3.8) is 0 Å². The Morgan fingerprint density at radius 1 is 1.36 bits per heavy atom. The van der Waals surface area contributed by atoms with Crippen molar-refractivity contribution < 1.29 is 8.42 Å². The van der Waals surface area contributed by atoms with E-state index in [4.69, 9.17) is 0 Å². The third-order valence-electron chi connectivity index (χ3n) is 2.42. The molecule has 1 aliphatic heterocycles. The fraction of sp³-hybridized carbons (Fsp3) is 0.714. The summed E-state index contributed by atoms with van der Waals surface area (Å²) in [6.07, 6.45) is 1.29. The molecule has 0 unspecified atom stereocenters. The average molecular weight is 280 g/mol. The molecule has 5 nitrogen and oxygen atoms in total. The Balaban J connectivity index is 2.09. The van der Waals surface area contributed by atoms with Crippen molar-refractivity contribution in [1.29, 1.82) is 0 Å². The molecule has 0 spiro atoms. The molecule has 0 atom stereocenters. The van der Waals surface area contributed by atoms with Gasteiger partial charge in [-0.3, -0.25) is 5.10 Å². The average Bonchev–Trinajstić information content (AvgIpc) is 2.52. The first-order chi connectivity index (χ1) is 6.57. The Morgan fingerprint density at radius 2 is 2.00 bits per heavy atom. The zero-order chi connectivity index (χ0) is 10.2. The maximum absolute atomic E-state index is 11.2. The molecule has 1 saturated heterocycles. The topological polar surface area (TPSA) is 75.7 Å². The molecular formula is C7H10BrN3O2S. The summed E-state index contributed by atoms with van der Waals surface area (Å²) in [4.78, 5) is 4.14. The Morgan fingerprint density at radius 3 is 2.50 bits per heavy atom. The fourth-order valence-electron chi connectivity index (χ4n) is 1.60. The van der Waals surface area contributed by atoms with E-state index in [1.807, 2.05) is 0 Å². The number of nitrogens with one attached hydrogen (secondary N) is 1. The molecule has 14 heavy (non-hydrogen) atoms. The van der Waals surface area contributed by atoms with Crippen molar-refractivity contribution in [3.05, 3.63) is 10.6 Å². The first-order valence-electron chi connectivity index (χ1n) is 4.35. The number of aromatic nitrogens is 3. The highest BCUT2D eigenvalue weighted by Gasteiger charge is 2.26. The molecule has 1 aromatic heterocycles. The molecule has 1 aliphatic rings. The predicted octanol–water partition coefficient (Wildman–Crippen LogP) is 0.859. The van der Waals surface area contributed by atoms with E-state index in [-0.39, 0.29) is 17.4 Å². The molecule has 2 heterocycles. The summed E-state index contributed by atoms with van der Waals surface area (Å²) in [6.45, 7) is 0. The smallest absolute Gasteiger partial charge is 0.217 e. The molecule has 7 heteroatoms. The molecule has 0 saturated carbocycles. The van der Waals surface area contributed by atoms with Gasteiger partial charge < -0.3 is 0 Å². The van der Waals surface area contributed by atoms with Crippen LogP contribution >= 0.6 is 15.9 Å². The van der Waals surface area contributed by atoms with E-state index in [0.29, 0.717) is 17.6 Å². The molecule has 0 bridgehead atoms. The van der Waals surface area contributed by atoms with Crippen LogP contribution in [0.3, 0.4) is 0 Å². The van der Waals surface area contributed by atoms with Gasteiger partial charge in [0.05, 0.1) is 11.5 Å². The Hall–Kier alpha value is -0.430. The third kappa shape index (κ3) is 2.14. The fourth-order valence-corrected chi connectivity index (χ4v) is 3.37. The molecule has 0 aromatic carbocycles. The maximum Gasteiger partial charge on any atom is 0.217 e. The molecule has 0 aliphatic carbocycles. The van der Waals surface area contributed by atoms with Crippen molar-refractivity contribution in [3.8, 4) is 0 Å². The van der Waals surface area contributed by atoms with E-state index < -0.39 is 9.84 Å². The largest absolute Gasteiger partial charge is 0.262 e. The minimum atomic E-state index is -2.79. The summed E-state index contributed by atoms with van der Waals surface area (Å²) in [6, 6.07) is 0. The van der Waals surface area contributed by atoms with Crippen LogP contribution in [0.1, 0.15) is 24.6 Å². The van der Waals surface area contributed by atoms with Gasteiger partial charge in [-0.05, 0) is 28.8 Å². The second-order valence-corrected chi connectivity index (χ2v) is 6.43. The van der Waals surface area contributed by atoms with Gasteiger partial charge in [0, 0.05) is 5.92 Å². The summed E-state index contributed by atoms with van der Waals surface area (Å²) in [5, 5.41) is 6.66. The van der Waals surface area contributed by atoms with Gasteiger partial charge in [-0.2, -0.15) is 0 Å². The molecular weight excluding hydrogens is 270 g/mol. The van der Waals surface area contributed by atoms with E-state index in [1.165, 1.54) is 0 Å². The Bertz CT molecular complexity index is 414. The SMILES string of the molecule is O=S1(=O)CCC(c2nc(Br)n[nH]2)CC1. The number of sulfone groups is 1. The van der Waals surface area contributed by atoms with Crippen molar-refractivity contribution in [2.75, 3.05) is 11.5 Å². The summed E-state index contributed by atoms with van der Waals surface area (Å²) >= 11 is 3.15.